The van der Waals surface area contributed by atoms with Gasteiger partial charge in [0.05, 0.1) is 11.4 Å². The molecule has 1 aliphatic heterocycles. The van der Waals surface area contributed by atoms with E-state index in [2.05, 4.69) is 17.0 Å². The first kappa shape index (κ1) is 29.4. The fraction of sp³-hybridized carbons (Fsp3) is 0.640. The monoisotopic (exact) mass is 566 g/mol. The van der Waals surface area contributed by atoms with Gasteiger partial charge in [-0.15, -0.1) is 0 Å². The first-order chi connectivity index (χ1) is 16.9. The van der Waals surface area contributed by atoms with Crippen LogP contribution >= 0.6 is 23.2 Å². The molecule has 0 aliphatic carbocycles. The van der Waals surface area contributed by atoms with Gasteiger partial charge in [0.1, 0.15) is 27.1 Å². The molecule has 2 heterocycles. The number of hydrogen-bond acceptors (Lipinski definition) is 4. The van der Waals surface area contributed by atoms with E-state index < -0.39 is 24.1 Å². The summed E-state index contributed by atoms with van der Waals surface area (Å²) in [7, 11) is 3.80. The van der Waals surface area contributed by atoms with E-state index >= 15 is 0 Å². The molecule has 2 unspecified atom stereocenters. The molecule has 202 valence electrons. The number of anilines is 1. The van der Waals surface area contributed by atoms with E-state index in [1.54, 1.807) is 33.0 Å². The Morgan fingerprint density at radius 3 is 2.36 bits per heavy atom. The Morgan fingerprint density at radius 1 is 1.11 bits per heavy atom. The maximum atomic E-state index is 13.5. The summed E-state index contributed by atoms with van der Waals surface area (Å²) < 4.78 is 56.3. The number of likely N-dealkylation sites (tertiary alicyclic amines) is 1. The quantitative estimate of drug-likeness (QED) is 0.327. The minimum atomic E-state index is -4.59. The summed E-state index contributed by atoms with van der Waals surface area (Å²) in [5, 5.41) is 4.40. The molecule has 0 amide bonds. The largest absolute Gasteiger partial charge is 0.588 e. The van der Waals surface area contributed by atoms with Gasteiger partial charge in [0, 0.05) is 7.05 Å². The van der Waals surface area contributed by atoms with Gasteiger partial charge in [0.15, 0.2) is 6.54 Å². The van der Waals surface area contributed by atoms with Crippen molar-refractivity contribution in [2.24, 2.45) is 13.0 Å². The molecule has 1 fully saturated rings. The number of hydrogen-bond donors (Lipinski definition) is 0. The van der Waals surface area contributed by atoms with E-state index in [0.29, 0.717) is 17.3 Å². The van der Waals surface area contributed by atoms with Crippen molar-refractivity contribution in [2.75, 3.05) is 31.0 Å². The topological polar surface area (TPSA) is 47.4 Å². The summed E-state index contributed by atoms with van der Waals surface area (Å²) in [5.74, 6) is 0.687. The van der Waals surface area contributed by atoms with E-state index in [9.17, 15) is 17.7 Å². The number of aromatic nitrogens is 2. The summed E-state index contributed by atoms with van der Waals surface area (Å²) in [6.45, 7) is 4.09. The van der Waals surface area contributed by atoms with Crippen LogP contribution in [0.5, 0.6) is 0 Å². The lowest BCUT2D eigenvalue weighted by Gasteiger charge is -2.28. The predicted octanol–water partition coefficient (Wildman–Crippen LogP) is 6.88. The van der Waals surface area contributed by atoms with Crippen LogP contribution in [0.4, 0.5) is 18.9 Å². The van der Waals surface area contributed by atoms with Gasteiger partial charge in [-0.3, -0.25) is 4.68 Å². The minimum Gasteiger partial charge on any atom is -0.588 e. The van der Waals surface area contributed by atoms with Gasteiger partial charge in [0.25, 0.3) is 0 Å². The molecule has 0 radical (unpaired) electrons. The molecule has 0 saturated carbocycles. The molecule has 11 heteroatoms. The second-order valence-corrected chi connectivity index (χ2v) is 11.9. The van der Waals surface area contributed by atoms with Gasteiger partial charge < -0.3 is 9.45 Å². The smallest absolute Gasteiger partial charge is 0.410 e. The standard InChI is InChI=1S/C25H35Cl2F3N4OS/c1-17-23(18(2)33(4)31-17)34(16-25(28,29)30)36(35)24-21(26)14-20(15-22(24)27)10-7-9-19-8-5-6-12-32(3)13-11-19/h14-15,19H,5-13,16H2,1-4H3. The zero-order valence-corrected chi connectivity index (χ0v) is 23.6. The number of alkyl halides is 3. The second-order valence-electron chi connectivity index (χ2n) is 9.78. The third kappa shape index (κ3) is 7.69. The normalized spacial score (nSPS) is 18.7. The van der Waals surface area contributed by atoms with Gasteiger partial charge in [-0.25, -0.2) is 0 Å². The Bertz CT molecular complexity index is 1010. The fourth-order valence-corrected chi connectivity index (χ4v) is 7.19. The summed E-state index contributed by atoms with van der Waals surface area (Å²) in [6.07, 6.45) is 3.17. The maximum Gasteiger partial charge on any atom is 0.410 e. The van der Waals surface area contributed by atoms with E-state index in [0.717, 1.165) is 42.2 Å². The molecule has 1 aromatic carbocycles. The van der Waals surface area contributed by atoms with Crippen LogP contribution in [0.15, 0.2) is 17.0 Å². The lowest BCUT2D eigenvalue weighted by molar-refractivity contribution is -0.117. The van der Waals surface area contributed by atoms with Crippen LogP contribution in [0.1, 0.15) is 55.5 Å². The number of rotatable bonds is 8. The first-order valence-electron chi connectivity index (χ1n) is 12.3. The SMILES string of the molecule is Cc1nn(C)c(C)c1N(CC(F)(F)F)[S+]([O-])c1c(Cl)cc(CCCC2CCCCN(C)CC2)cc1Cl. The van der Waals surface area contributed by atoms with Crippen LogP contribution in [0.3, 0.4) is 0 Å². The predicted molar refractivity (Wildman–Crippen MR) is 141 cm³/mol. The van der Waals surface area contributed by atoms with E-state index in [-0.39, 0.29) is 20.6 Å². The molecular weight excluding hydrogens is 532 g/mol. The molecular formula is C25H35Cl2F3N4OS. The summed E-state index contributed by atoms with van der Waals surface area (Å²) in [6, 6.07) is 3.36. The van der Waals surface area contributed by atoms with Gasteiger partial charge in [-0.1, -0.05) is 42.5 Å². The fourth-order valence-electron chi connectivity index (χ4n) is 4.90. The van der Waals surface area contributed by atoms with E-state index in [4.69, 9.17) is 23.2 Å². The lowest BCUT2D eigenvalue weighted by Crippen LogP contribution is -2.40. The van der Waals surface area contributed by atoms with Gasteiger partial charge in [-0.05, 0) is 83.3 Å². The molecule has 2 atom stereocenters. The van der Waals surface area contributed by atoms with Gasteiger partial charge in [-0.2, -0.15) is 22.6 Å². The van der Waals surface area contributed by atoms with Crippen LogP contribution in [0.25, 0.3) is 0 Å². The Morgan fingerprint density at radius 2 is 1.78 bits per heavy atom. The van der Waals surface area contributed by atoms with Crippen molar-refractivity contribution >= 4 is 40.3 Å². The summed E-state index contributed by atoms with van der Waals surface area (Å²) in [5.41, 5.74) is 1.87. The summed E-state index contributed by atoms with van der Waals surface area (Å²) >= 11 is 10.7. The maximum absolute atomic E-state index is 13.5. The van der Waals surface area contributed by atoms with Crippen LogP contribution in [-0.2, 0) is 24.8 Å². The van der Waals surface area contributed by atoms with Crippen molar-refractivity contribution in [1.29, 1.82) is 0 Å². The van der Waals surface area contributed by atoms with Gasteiger partial charge in [0.2, 0.25) is 4.90 Å². The molecule has 5 nitrogen and oxygen atoms in total. The highest BCUT2D eigenvalue weighted by Crippen LogP contribution is 2.38. The highest BCUT2D eigenvalue weighted by Gasteiger charge is 2.41. The Hall–Kier alpha value is -1.13. The molecule has 1 saturated heterocycles. The lowest BCUT2D eigenvalue weighted by atomic mass is 9.90. The van der Waals surface area contributed by atoms with Crippen LogP contribution in [0.2, 0.25) is 10.0 Å². The Labute approximate surface area is 225 Å². The molecule has 3 rings (SSSR count). The number of aryl methyl sites for hydroxylation is 3. The Balaban J connectivity index is 1.76. The van der Waals surface area contributed by atoms with E-state index in [1.165, 1.54) is 30.4 Å². The molecule has 0 N–H and O–H groups in total. The number of benzene rings is 1. The van der Waals surface area contributed by atoms with Crippen molar-refractivity contribution in [1.82, 2.24) is 14.7 Å². The molecule has 0 spiro atoms. The van der Waals surface area contributed by atoms with Crippen LogP contribution in [-0.4, -0.2) is 52.1 Å². The average molecular weight is 568 g/mol. The average Bonchev–Trinajstić information content (AvgIpc) is 3.01. The number of nitrogens with zero attached hydrogens (tertiary/aromatic N) is 4. The highest BCUT2D eigenvalue weighted by atomic mass is 35.5. The summed E-state index contributed by atoms with van der Waals surface area (Å²) in [4.78, 5) is 2.37. The molecule has 0 bridgehead atoms. The van der Waals surface area contributed by atoms with Crippen molar-refractivity contribution < 1.29 is 17.7 Å². The van der Waals surface area contributed by atoms with Crippen molar-refractivity contribution in [3.8, 4) is 0 Å². The van der Waals surface area contributed by atoms with Crippen LogP contribution < -0.4 is 4.31 Å². The van der Waals surface area contributed by atoms with Crippen molar-refractivity contribution in [3.05, 3.63) is 39.1 Å². The van der Waals surface area contributed by atoms with Gasteiger partial charge >= 0.3 is 6.18 Å². The molecule has 2 aromatic rings. The van der Waals surface area contributed by atoms with Crippen molar-refractivity contribution in [2.45, 2.75) is 69.9 Å². The molecule has 36 heavy (non-hydrogen) atoms. The third-order valence-corrected chi connectivity index (χ3v) is 9.20. The molecule has 1 aromatic heterocycles. The zero-order valence-electron chi connectivity index (χ0n) is 21.3. The minimum absolute atomic E-state index is 0.0166. The second kappa shape index (κ2) is 12.6. The highest BCUT2D eigenvalue weighted by molar-refractivity contribution is 7.93. The third-order valence-electron chi connectivity index (χ3n) is 6.88. The first-order valence-corrected chi connectivity index (χ1v) is 14.2. The van der Waals surface area contributed by atoms with E-state index in [1.807, 2.05) is 0 Å². The zero-order chi connectivity index (χ0) is 26.6. The Kier molecular flexibility index (Phi) is 10.3. The van der Waals surface area contributed by atoms with Crippen molar-refractivity contribution in [3.63, 3.8) is 0 Å². The number of halogens is 5. The van der Waals surface area contributed by atoms with Crippen LogP contribution in [0, 0.1) is 19.8 Å². The molecule has 1 aliphatic rings.